The molecular weight excluding hydrogens is 280 g/mol. The summed E-state index contributed by atoms with van der Waals surface area (Å²) >= 11 is 5.24. The van der Waals surface area contributed by atoms with Crippen LogP contribution >= 0.6 is 12.2 Å². The molecule has 1 fully saturated rings. The first-order valence-electron chi connectivity index (χ1n) is 7.82. The molecular formula is C16H26N4S. The number of anilines is 1. The van der Waals surface area contributed by atoms with Gasteiger partial charge in [-0.15, -0.1) is 5.10 Å². The van der Waals surface area contributed by atoms with Gasteiger partial charge >= 0.3 is 0 Å². The van der Waals surface area contributed by atoms with Crippen LogP contribution in [0.5, 0.6) is 0 Å². The maximum Gasteiger partial charge on any atom is 0.161 e. The Morgan fingerprint density at radius 1 is 1.24 bits per heavy atom. The van der Waals surface area contributed by atoms with Gasteiger partial charge in [-0.25, -0.2) is 0 Å². The van der Waals surface area contributed by atoms with E-state index in [1.807, 2.05) is 13.8 Å². The van der Waals surface area contributed by atoms with E-state index >= 15 is 0 Å². The van der Waals surface area contributed by atoms with Crippen LogP contribution in [0.3, 0.4) is 0 Å². The highest BCUT2D eigenvalue weighted by Gasteiger charge is 2.26. The van der Waals surface area contributed by atoms with Crippen molar-refractivity contribution in [3.63, 3.8) is 0 Å². The maximum atomic E-state index is 5.93. The standard InChI is InChI=1S/C16H26N4S/c1-5-12-6-8-13(9-7-12)20(4)16-14(15(17)21)10(2)11(3)18-19-16/h12-13H,5-9H2,1-4H3,(H2,17,21). The van der Waals surface area contributed by atoms with Crippen molar-refractivity contribution in [3.05, 3.63) is 16.8 Å². The van der Waals surface area contributed by atoms with Gasteiger partial charge in [0.25, 0.3) is 0 Å². The number of aryl methyl sites for hydroxylation is 1. The van der Waals surface area contributed by atoms with Gasteiger partial charge in [0.05, 0.1) is 11.3 Å². The Balaban J connectivity index is 2.25. The van der Waals surface area contributed by atoms with E-state index in [2.05, 4.69) is 29.1 Å². The van der Waals surface area contributed by atoms with Crippen LogP contribution in [0.4, 0.5) is 5.82 Å². The Morgan fingerprint density at radius 3 is 2.38 bits per heavy atom. The van der Waals surface area contributed by atoms with E-state index in [0.717, 1.165) is 28.6 Å². The highest BCUT2D eigenvalue weighted by atomic mass is 32.1. The summed E-state index contributed by atoms with van der Waals surface area (Å²) in [6.45, 7) is 6.25. The maximum absolute atomic E-state index is 5.93. The van der Waals surface area contributed by atoms with Crippen molar-refractivity contribution in [1.29, 1.82) is 0 Å². The Bertz CT molecular complexity index is 521. The lowest BCUT2D eigenvalue weighted by Gasteiger charge is -2.35. The summed E-state index contributed by atoms with van der Waals surface area (Å²) in [6, 6.07) is 0.511. The van der Waals surface area contributed by atoms with E-state index in [1.54, 1.807) is 0 Å². The lowest BCUT2D eigenvalue weighted by molar-refractivity contribution is 0.312. The minimum atomic E-state index is 0.412. The second-order valence-corrected chi connectivity index (χ2v) is 6.61. The number of thiocarbonyl (C=S) groups is 1. The monoisotopic (exact) mass is 306 g/mol. The summed E-state index contributed by atoms with van der Waals surface area (Å²) in [6.07, 6.45) is 6.30. The molecule has 21 heavy (non-hydrogen) atoms. The smallest absolute Gasteiger partial charge is 0.161 e. The van der Waals surface area contributed by atoms with E-state index in [-0.39, 0.29) is 0 Å². The summed E-state index contributed by atoms with van der Waals surface area (Å²) in [4.78, 5) is 2.65. The molecule has 0 aliphatic heterocycles. The van der Waals surface area contributed by atoms with E-state index in [9.17, 15) is 0 Å². The zero-order valence-corrected chi connectivity index (χ0v) is 14.3. The minimum absolute atomic E-state index is 0.412. The first-order chi connectivity index (χ1) is 9.95. The topological polar surface area (TPSA) is 55.0 Å². The van der Waals surface area contributed by atoms with Crippen LogP contribution in [-0.4, -0.2) is 28.3 Å². The highest BCUT2D eigenvalue weighted by Crippen LogP contribution is 2.32. The first kappa shape index (κ1) is 16.1. The molecule has 0 aromatic carbocycles. The number of rotatable bonds is 4. The number of nitrogens with two attached hydrogens (primary N) is 1. The third-order valence-corrected chi connectivity index (χ3v) is 5.16. The molecule has 0 saturated heterocycles. The fourth-order valence-electron chi connectivity index (χ4n) is 3.25. The predicted molar refractivity (Wildman–Crippen MR) is 91.8 cm³/mol. The molecule has 1 aliphatic carbocycles. The van der Waals surface area contributed by atoms with Crippen LogP contribution in [0.15, 0.2) is 0 Å². The Kier molecular flexibility index (Phi) is 5.14. The molecule has 2 N–H and O–H groups in total. The largest absolute Gasteiger partial charge is 0.389 e. The molecule has 0 radical (unpaired) electrons. The van der Waals surface area contributed by atoms with Gasteiger partial charge < -0.3 is 10.6 Å². The van der Waals surface area contributed by atoms with Crippen LogP contribution in [0.2, 0.25) is 0 Å². The first-order valence-corrected chi connectivity index (χ1v) is 8.23. The second kappa shape index (κ2) is 6.69. The number of aromatic nitrogens is 2. The molecule has 1 aromatic heterocycles. The Hall–Kier alpha value is -1.23. The summed E-state index contributed by atoms with van der Waals surface area (Å²) in [5.41, 5.74) is 8.76. The summed E-state index contributed by atoms with van der Waals surface area (Å²) in [5.74, 6) is 1.72. The van der Waals surface area contributed by atoms with Gasteiger partial charge in [0.15, 0.2) is 5.82 Å². The molecule has 0 bridgehead atoms. The molecule has 1 aliphatic rings. The number of nitrogens with zero attached hydrogens (tertiary/aromatic N) is 3. The van der Waals surface area contributed by atoms with Crippen molar-refractivity contribution in [2.45, 2.75) is 58.9 Å². The third-order valence-electron chi connectivity index (χ3n) is 4.96. The molecule has 1 aromatic rings. The van der Waals surface area contributed by atoms with E-state index < -0.39 is 0 Å². The molecule has 1 saturated carbocycles. The molecule has 5 heteroatoms. The molecule has 116 valence electrons. The van der Waals surface area contributed by atoms with Crippen LogP contribution in [-0.2, 0) is 0 Å². The van der Waals surface area contributed by atoms with Crippen molar-refractivity contribution in [3.8, 4) is 0 Å². The van der Waals surface area contributed by atoms with Gasteiger partial charge in [-0.2, -0.15) is 5.10 Å². The fraction of sp³-hybridized carbons (Fsp3) is 0.688. The average Bonchev–Trinajstić information content (AvgIpc) is 2.48. The highest BCUT2D eigenvalue weighted by molar-refractivity contribution is 7.80. The van der Waals surface area contributed by atoms with Gasteiger partial charge in [-0.1, -0.05) is 25.6 Å². The molecule has 0 amide bonds. The van der Waals surface area contributed by atoms with E-state index in [4.69, 9.17) is 18.0 Å². The molecule has 1 heterocycles. The quantitative estimate of drug-likeness (QED) is 0.866. The summed E-state index contributed by atoms with van der Waals surface area (Å²) in [7, 11) is 2.09. The fourth-order valence-corrected chi connectivity index (χ4v) is 3.50. The summed E-state index contributed by atoms with van der Waals surface area (Å²) < 4.78 is 0. The van der Waals surface area contributed by atoms with Crippen molar-refractivity contribution >= 4 is 23.0 Å². The Labute approximate surface area is 133 Å². The lowest BCUT2D eigenvalue weighted by Crippen LogP contribution is -2.37. The predicted octanol–water partition coefficient (Wildman–Crippen LogP) is 3.13. The van der Waals surface area contributed by atoms with Gasteiger partial charge in [0.1, 0.15) is 4.99 Å². The van der Waals surface area contributed by atoms with E-state index in [1.165, 1.54) is 32.1 Å². The molecule has 0 spiro atoms. The van der Waals surface area contributed by atoms with Gasteiger partial charge in [0.2, 0.25) is 0 Å². The van der Waals surface area contributed by atoms with Crippen molar-refractivity contribution in [2.24, 2.45) is 11.7 Å². The van der Waals surface area contributed by atoms with Crippen LogP contribution < -0.4 is 10.6 Å². The zero-order valence-electron chi connectivity index (χ0n) is 13.5. The molecule has 2 rings (SSSR count). The normalized spacial score (nSPS) is 22.1. The van der Waals surface area contributed by atoms with Crippen LogP contribution in [0.25, 0.3) is 0 Å². The minimum Gasteiger partial charge on any atom is -0.389 e. The average molecular weight is 306 g/mol. The summed E-state index contributed by atoms with van der Waals surface area (Å²) in [5, 5.41) is 8.64. The lowest BCUT2D eigenvalue weighted by atomic mass is 9.84. The molecule has 4 nitrogen and oxygen atoms in total. The zero-order chi connectivity index (χ0) is 15.6. The van der Waals surface area contributed by atoms with Gasteiger partial charge in [0, 0.05) is 13.1 Å². The number of hydrogen-bond donors (Lipinski definition) is 1. The van der Waals surface area contributed by atoms with E-state index in [0.29, 0.717) is 11.0 Å². The molecule has 0 unspecified atom stereocenters. The van der Waals surface area contributed by atoms with Gasteiger partial charge in [-0.3, -0.25) is 0 Å². The van der Waals surface area contributed by atoms with Crippen molar-refractivity contribution in [1.82, 2.24) is 10.2 Å². The number of hydrogen-bond acceptors (Lipinski definition) is 4. The third kappa shape index (κ3) is 3.34. The second-order valence-electron chi connectivity index (χ2n) is 6.17. The van der Waals surface area contributed by atoms with Crippen LogP contribution in [0, 0.1) is 19.8 Å². The Morgan fingerprint density at radius 2 is 1.86 bits per heavy atom. The van der Waals surface area contributed by atoms with Crippen molar-refractivity contribution < 1.29 is 0 Å². The van der Waals surface area contributed by atoms with Crippen LogP contribution in [0.1, 0.15) is 55.8 Å². The van der Waals surface area contributed by atoms with Crippen molar-refractivity contribution in [2.75, 3.05) is 11.9 Å². The van der Waals surface area contributed by atoms with Gasteiger partial charge in [-0.05, 0) is 51.0 Å². The molecule has 0 atom stereocenters. The SMILES string of the molecule is CCC1CCC(N(C)c2nnc(C)c(C)c2C(N)=S)CC1.